The van der Waals surface area contributed by atoms with Crippen molar-refractivity contribution in [3.63, 3.8) is 0 Å². The summed E-state index contributed by atoms with van der Waals surface area (Å²) in [5.74, 6) is 0. The van der Waals surface area contributed by atoms with Gasteiger partial charge in [0.05, 0.1) is 11.4 Å². The summed E-state index contributed by atoms with van der Waals surface area (Å²) < 4.78 is 2.16. The maximum absolute atomic E-state index is 4.47. The first-order valence-electron chi connectivity index (χ1n) is 9.21. The summed E-state index contributed by atoms with van der Waals surface area (Å²) in [6.07, 6.45) is 15.7. The van der Waals surface area contributed by atoms with E-state index < -0.39 is 0 Å². The maximum Gasteiger partial charge on any atom is 0.173 e. The number of aryl methyl sites for hydroxylation is 1. The van der Waals surface area contributed by atoms with E-state index in [1.807, 2.05) is 36.7 Å². The van der Waals surface area contributed by atoms with Gasteiger partial charge >= 0.3 is 0 Å². The van der Waals surface area contributed by atoms with Crippen molar-refractivity contribution in [1.29, 1.82) is 0 Å². The summed E-state index contributed by atoms with van der Waals surface area (Å²) >= 11 is 0. The average Bonchev–Trinajstić information content (AvgIpc) is 2.74. The van der Waals surface area contributed by atoms with Crippen molar-refractivity contribution in [2.45, 2.75) is 13.5 Å². The topological polar surface area (TPSA) is 42.5 Å². The molecule has 0 aliphatic rings. The molecular formula is C24H21N4+. The molecule has 4 heteroatoms. The number of rotatable bonds is 5. The van der Waals surface area contributed by atoms with E-state index in [0.29, 0.717) is 0 Å². The van der Waals surface area contributed by atoms with Crippen LogP contribution < -0.4 is 4.57 Å². The molecule has 4 aromatic rings. The highest BCUT2D eigenvalue weighted by molar-refractivity contribution is 5.68. The Hall–Kier alpha value is -3.66. The van der Waals surface area contributed by atoms with E-state index in [2.05, 4.69) is 75.3 Å². The number of hydrogen-bond acceptors (Lipinski definition) is 3. The number of hydrogen-bond donors (Lipinski definition) is 0. The summed E-state index contributed by atoms with van der Waals surface area (Å²) in [4.78, 5) is 12.9. The first kappa shape index (κ1) is 17.7. The lowest BCUT2D eigenvalue weighted by Gasteiger charge is -2.03. The van der Waals surface area contributed by atoms with Gasteiger partial charge < -0.3 is 0 Å². The monoisotopic (exact) mass is 365 g/mol. The molecule has 0 saturated heterocycles. The third-order valence-electron chi connectivity index (χ3n) is 4.46. The van der Waals surface area contributed by atoms with Gasteiger partial charge in [0.15, 0.2) is 18.9 Å². The molecule has 0 atom stereocenters. The van der Waals surface area contributed by atoms with Gasteiger partial charge in [0.1, 0.15) is 0 Å². The van der Waals surface area contributed by atoms with Crippen LogP contribution in [0.5, 0.6) is 0 Å². The Kier molecular flexibility index (Phi) is 5.29. The second-order valence-corrected chi connectivity index (χ2v) is 6.69. The Labute approximate surface area is 164 Å². The van der Waals surface area contributed by atoms with Gasteiger partial charge in [-0.2, -0.15) is 0 Å². The van der Waals surface area contributed by atoms with Crippen LogP contribution >= 0.6 is 0 Å². The summed E-state index contributed by atoms with van der Waals surface area (Å²) in [6.45, 7) is 2.85. The zero-order valence-corrected chi connectivity index (χ0v) is 15.7. The van der Waals surface area contributed by atoms with E-state index in [9.17, 15) is 0 Å². The molecule has 0 aliphatic carbocycles. The van der Waals surface area contributed by atoms with Crippen LogP contribution in [0.2, 0.25) is 0 Å². The molecule has 0 amide bonds. The zero-order chi connectivity index (χ0) is 19.2. The predicted molar refractivity (Wildman–Crippen MR) is 111 cm³/mol. The van der Waals surface area contributed by atoms with Crippen LogP contribution in [0.3, 0.4) is 0 Å². The minimum absolute atomic E-state index is 0.787. The van der Waals surface area contributed by atoms with E-state index >= 15 is 0 Å². The third-order valence-corrected chi connectivity index (χ3v) is 4.46. The highest BCUT2D eigenvalue weighted by atomic mass is 14.9. The zero-order valence-electron chi connectivity index (χ0n) is 15.7. The lowest BCUT2D eigenvalue weighted by Crippen LogP contribution is -2.33. The molecule has 28 heavy (non-hydrogen) atoms. The first-order chi connectivity index (χ1) is 13.8. The molecule has 0 fully saturated rings. The largest absolute Gasteiger partial charge is 0.265 e. The minimum Gasteiger partial charge on any atom is -0.265 e. The molecule has 0 radical (unpaired) electrons. The Morgan fingerprint density at radius 3 is 2.11 bits per heavy atom. The fourth-order valence-corrected chi connectivity index (χ4v) is 2.95. The van der Waals surface area contributed by atoms with Crippen LogP contribution in [-0.2, 0) is 6.54 Å². The molecule has 0 aromatic carbocycles. The van der Waals surface area contributed by atoms with E-state index in [1.54, 1.807) is 12.4 Å². The SMILES string of the molecule is Cc1ccnc(-c2cc(C[n+]3ccc(/C=C/c4ccncc4)cc3)ccn2)c1. The van der Waals surface area contributed by atoms with Crippen molar-refractivity contribution in [2.24, 2.45) is 0 Å². The van der Waals surface area contributed by atoms with Gasteiger partial charge in [-0.3, -0.25) is 15.0 Å². The summed E-state index contributed by atoms with van der Waals surface area (Å²) in [5, 5.41) is 0. The van der Waals surface area contributed by atoms with Crippen molar-refractivity contribution < 1.29 is 4.57 Å². The van der Waals surface area contributed by atoms with Crippen molar-refractivity contribution >= 4 is 12.2 Å². The lowest BCUT2D eigenvalue weighted by atomic mass is 10.1. The Balaban J connectivity index is 1.47. The predicted octanol–water partition coefficient (Wildman–Crippen LogP) is 4.35. The summed E-state index contributed by atoms with van der Waals surface area (Å²) in [5.41, 5.74) is 6.48. The fourth-order valence-electron chi connectivity index (χ4n) is 2.95. The highest BCUT2D eigenvalue weighted by Gasteiger charge is 2.07. The molecule has 0 spiro atoms. The van der Waals surface area contributed by atoms with Gasteiger partial charge in [0.25, 0.3) is 0 Å². The number of nitrogens with zero attached hydrogens (tertiary/aromatic N) is 4. The van der Waals surface area contributed by atoms with Gasteiger partial charge in [0, 0.05) is 42.5 Å². The number of aromatic nitrogens is 4. The summed E-state index contributed by atoms with van der Waals surface area (Å²) in [6, 6.07) is 16.4. The van der Waals surface area contributed by atoms with Crippen molar-refractivity contribution in [2.75, 3.05) is 0 Å². The molecule has 0 saturated carbocycles. The van der Waals surface area contributed by atoms with Crippen LogP contribution in [0.25, 0.3) is 23.5 Å². The Bertz CT molecular complexity index is 1090. The van der Waals surface area contributed by atoms with Gasteiger partial charge in [-0.05, 0) is 60.0 Å². The first-order valence-corrected chi connectivity index (χ1v) is 9.21. The normalized spacial score (nSPS) is 11.0. The molecule has 0 N–H and O–H groups in total. The van der Waals surface area contributed by atoms with Crippen LogP contribution in [0.1, 0.15) is 22.3 Å². The second-order valence-electron chi connectivity index (χ2n) is 6.69. The molecule has 4 nitrogen and oxygen atoms in total. The maximum atomic E-state index is 4.47. The fraction of sp³-hybridized carbons (Fsp3) is 0.0833. The van der Waals surface area contributed by atoms with Gasteiger partial charge in [-0.1, -0.05) is 12.2 Å². The third kappa shape index (κ3) is 4.54. The number of pyridine rings is 4. The standard InChI is InChI=1S/C24H21N4/c1-19-4-12-26-23(16-19)24-17-22(7-13-27-24)18-28-14-8-21(9-15-28)3-2-20-5-10-25-11-6-20/h2-17H,18H2,1H3/q+1/b3-2+. The second kappa shape index (κ2) is 8.35. The quantitative estimate of drug-likeness (QED) is 0.494. The average molecular weight is 365 g/mol. The van der Waals surface area contributed by atoms with Crippen LogP contribution in [0, 0.1) is 6.92 Å². The molecule has 0 bridgehead atoms. The van der Waals surface area contributed by atoms with E-state index in [4.69, 9.17) is 0 Å². The Morgan fingerprint density at radius 1 is 0.750 bits per heavy atom. The molecule has 136 valence electrons. The van der Waals surface area contributed by atoms with Crippen LogP contribution in [0.4, 0.5) is 0 Å². The van der Waals surface area contributed by atoms with Crippen LogP contribution in [0.15, 0.2) is 85.7 Å². The highest BCUT2D eigenvalue weighted by Crippen LogP contribution is 2.16. The molecule has 0 unspecified atom stereocenters. The molecule has 4 aromatic heterocycles. The molecule has 4 heterocycles. The van der Waals surface area contributed by atoms with E-state index in [0.717, 1.165) is 29.1 Å². The van der Waals surface area contributed by atoms with Gasteiger partial charge in [-0.15, -0.1) is 0 Å². The van der Waals surface area contributed by atoms with Crippen LogP contribution in [-0.4, -0.2) is 15.0 Å². The van der Waals surface area contributed by atoms with Gasteiger partial charge in [-0.25, -0.2) is 4.57 Å². The van der Waals surface area contributed by atoms with Crippen molar-refractivity contribution in [3.8, 4) is 11.4 Å². The summed E-state index contributed by atoms with van der Waals surface area (Å²) in [7, 11) is 0. The van der Waals surface area contributed by atoms with Crippen molar-refractivity contribution in [3.05, 3.63) is 108 Å². The molecule has 0 aliphatic heterocycles. The van der Waals surface area contributed by atoms with Crippen molar-refractivity contribution in [1.82, 2.24) is 15.0 Å². The van der Waals surface area contributed by atoms with Gasteiger partial charge in [0.2, 0.25) is 0 Å². The molecule has 4 rings (SSSR count). The minimum atomic E-state index is 0.787. The van der Waals surface area contributed by atoms with E-state index in [-0.39, 0.29) is 0 Å². The smallest absolute Gasteiger partial charge is 0.173 e. The van der Waals surface area contributed by atoms with E-state index in [1.165, 1.54) is 11.1 Å². The lowest BCUT2D eigenvalue weighted by molar-refractivity contribution is -0.688. The Morgan fingerprint density at radius 2 is 1.39 bits per heavy atom. The molecular weight excluding hydrogens is 344 g/mol.